The van der Waals surface area contributed by atoms with Crippen LogP contribution in [0.4, 0.5) is 0 Å². The molecule has 1 unspecified atom stereocenters. The van der Waals surface area contributed by atoms with Gasteiger partial charge in [0.2, 0.25) is 0 Å². The van der Waals surface area contributed by atoms with Gasteiger partial charge in [-0.25, -0.2) is 0 Å². The number of nitrogens with one attached hydrogen (secondary N) is 1. The number of nitrogens with zero attached hydrogens (tertiary/aromatic N) is 2. The van der Waals surface area contributed by atoms with Crippen molar-refractivity contribution in [3.05, 3.63) is 29.6 Å². The molecule has 0 spiro atoms. The Morgan fingerprint density at radius 3 is 2.67 bits per heavy atom. The van der Waals surface area contributed by atoms with Crippen molar-refractivity contribution >= 4 is 0 Å². The standard InChI is InChI=1S/C15H25N3/c1-4-12(2)15(18-10-8-16-9-11-18)14-7-5-6-13(3)17-14/h5-7,12,15-16H,4,8-11H2,1-3H3/t12?,15-/m1/s1. The van der Waals surface area contributed by atoms with E-state index in [-0.39, 0.29) is 0 Å². The molecule has 0 bridgehead atoms. The molecular formula is C15H25N3. The van der Waals surface area contributed by atoms with Gasteiger partial charge in [0.05, 0.1) is 11.7 Å². The fourth-order valence-corrected chi connectivity index (χ4v) is 2.75. The Morgan fingerprint density at radius 2 is 2.06 bits per heavy atom. The van der Waals surface area contributed by atoms with E-state index >= 15 is 0 Å². The first-order valence-electron chi connectivity index (χ1n) is 7.10. The number of hydrogen-bond donors (Lipinski definition) is 1. The van der Waals surface area contributed by atoms with Crippen LogP contribution in [-0.4, -0.2) is 36.1 Å². The Kier molecular flexibility index (Phi) is 4.72. The number of hydrogen-bond acceptors (Lipinski definition) is 3. The summed E-state index contributed by atoms with van der Waals surface area (Å²) in [5.74, 6) is 0.650. The fraction of sp³-hybridized carbons (Fsp3) is 0.667. The lowest BCUT2D eigenvalue weighted by Crippen LogP contribution is -2.46. The van der Waals surface area contributed by atoms with Gasteiger partial charge in [-0.3, -0.25) is 9.88 Å². The molecule has 0 aromatic carbocycles. The average molecular weight is 247 g/mol. The quantitative estimate of drug-likeness (QED) is 0.885. The van der Waals surface area contributed by atoms with Crippen LogP contribution in [0, 0.1) is 12.8 Å². The number of rotatable bonds is 4. The van der Waals surface area contributed by atoms with Gasteiger partial charge in [-0.2, -0.15) is 0 Å². The maximum Gasteiger partial charge on any atom is 0.0581 e. The summed E-state index contributed by atoms with van der Waals surface area (Å²) in [4.78, 5) is 7.35. The second-order valence-corrected chi connectivity index (χ2v) is 5.32. The van der Waals surface area contributed by atoms with Crippen molar-refractivity contribution in [2.45, 2.75) is 33.2 Å². The highest BCUT2D eigenvalue weighted by Gasteiger charge is 2.27. The number of pyridine rings is 1. The molecule has 1 aromatic heterocycles. The van der Waals surface area contributed by atoms with E-state index in [0.29, 0.717) is 12.0 Å². The highest BCUT2D eigenvalue weighted by molar-refractivity contribution is 5.14. The molecule has 1 fully saturated rings. The second-order valence-electron chi connectivity index (χ2n) is 5.32. The minimum atomic E-state index is 0.469. The molecule has 1 aromatic rings. The minimum Gasteiger partial charge on any atom is -0.314 e. The summed E-state index contributed by atoms with van der Waals surface area (Å²) in [6, 6.07) is 6.87. The first-order valence-corrected chi connectivity index (χ1v) is 7.10. The van der Waals surface area contributed by atoms with Gasteiger partial charge in [0.15, 0.2) is 0 Å². The van der Waals surface area contributed by atoms with Crippen LogP contribution in [0.1, 0.15) is 37.7 Å². The first-order chi connectivity index (χ1) is 8.72. The molecule has 2 atom stereocenters. The van der Waals surface area contributed by atoms with Gasteiger partial charge in [0.25, 0.3) is 0 Å². The zero-order valence-electron chi connectivity index (χ0n) is 11.8. The Balaban J connectivity index is 2.23. The largest absolute Gasteiger partial charge is 0.314 e. The SMILES string of the molecule is CCC(C)[C@H](c1cccc(C)n1)N1CCNCC1. The molecule has 1 N–H and O–H groups in total. The van der Waals surface area contributed by atoms with Gasteiger partial charge in [0, 0.05) is 31.9 Å². The van der Waals surface area contributed by atoms with Crippen LogP contribution in [0.5, 0.6) is 0 Å². The lowest BCUT2D eigenvalue weighted by Gasteiger charge is -2.37. The summed E-state index contributed by atoms with van der Waals surface area (Å²) in [6.07, 6.45) is 1.20. The monoisotopic (exact) mass is 247 g/mol. The van der Waals surface area contributed by atoms with Gasteiger partial charge in [0.1, 0.15) is 0 Å². The van der Waals surface area contributed by atoms with E-state index in [1.54, 1.807) is 0 Å². The first kappa shape index (κ1) is 13.5. The lowest BCUT2D eigenvalue weighted by molar-refractivity contribution is 0.125. The third-order valence-electron chi connectivity index (χ3n) is 3.94. The molecule has 1 aliphatic heterocycles. The normalized spacial score (nSPS) is 20.6. The maximum atomic E-state index is 4.76. The molecule has 0 aliphatic carbocycles. The van der Waals surface area contributed by atoms with Crippen LogP contribution >= 0.6 is 0 Å². The van der Waals surface area contributed by atoms with E-state index in [0.717, 1.165) is 31.9 Å². The fourth-order valence-electron chi connectivity index (χ4n) is 2.75. The zero-order chi connectivity index (χ0) is 13.0. The van der Waals surface area contributed by atoms with Crippen LogP contribution in [-0.2, 0) is 0 Å². The van der Waals surface area contributed by atoms with Gasteiger partial charge in [-0.1, -0.05) is 26.3 Å². The van der Waals surface area contributed by atoms with Gasteiger partial charge >= 0.3 is 0 Å². The number of aromatic nitrogens is 1. The van der Waals surface area contributed by atoms with Crippen molar-refractivity contribution in [3.8, 4) is 0 Å². The second kappa shape index (κ2) is 6.30. The highest BCUT2D eigenvalue weighted by atomic mass is 15.2. The van der Waals surface area contributed by atoms with Crippen LogP contribution in [0.25, 0.3) is 0 Å². The molecule has 0 amide bonds. The van der Waals surface area contributed by atoms with Crippen LogP contribution in [0.15, 0.2) is 18.2 Å². The molecule has 3 nitrogen and oxygen atoms in total. The Hall–Kier alpha value is -0.930. The molecule has 18 heavy (non-hydrogen) atoms. The molecule has 100 valence electrons. The van der Waals surface area contributed by atoms with Crippen molar-refractivity contribution in [2.24, 2.45) is 5.92 Å². The third kappa shape index (κ3) is 3.09. The van der Waals surface area contributed by atoms with Gasteiger partial charge in [-0.05, 0) is 25.0 Å². The Labute approximate surface area is 111 Å². The maximum absolute atomic E-state index is 4.76. The molecule has 2 rings (SSSR count). The predicted octanol–water partition coefficient (Wildman–Crippen LogP) is 2.38. The topological polar surface area (TPSA) is 28.2 Å². The molecule has 0 radical (unpaired) electrons. The van der Waals surface area contributed by atoms with E-state index in [9.17, 15) is 0 Å². The molecular weight excluding hydrogens is 222 g/mol. The molecule has 0 saturated carbocycles. The van der Waals surface area contributed by atoms with E-state index in [1.807, 2.05) is 0 Å². The Bertz CT molecular complexity index is 372. The average Bonchev–Trinajstić information content (AvgIpc) is 2.40. The van der Waals surface area contributed by atoms with Crippen molar-refractivity contribution in [1.82, 2.24) is 15.2 Å². The van der Waals surface area contributed by atoms with Crippen molar-refractivity contribution in [3.63, 3.8) is 0 Å². The van der Waals surface area contributed by atoms with Gasteiger partial charge in [-0.15, -0.1) is 0 Å². The lowest BCUT2D eigenvalue weighted by atomic mass is 9.93. The summed E-state index contributed by atoms with van der Waals surface area (Å²) < 4.78 is 0. The summed E-state index contributed by atoms with van der Waals surface area (Å²) >= 11 is 0. The van der Waals surface area contributed by atoms with Crippen LogP contribution in [0.2, 0.25) is 0 Å². The van der Waals surface area contributed by atoms with E-state index in [1.165, 1.54) is 12.1 Å². The third-order valence-corrected chi connectivity index (χ3v) is 3.94. The zero-order valence-corrected chi connectivity index (χ0v) is 11.8. The molecule has 2 heterocycles. The van der Waals surface area contributed by atoms with Crippen molar-refractivity contribution in [1.29, 1.82) is 0 Å². The number of piperazine rings is 1. The minimum absolute atomic E-state index is 0.469. The van der Waals surface area contributed by atoms with Gasteiger partial charge < -0.3 is 5.32 Å². The molecule has 3 heteroatoms. The Morgan fingerprint density at radius 1 is 1.33 bits per heavy atom. The summed E-state index contributed by atoms with van der Waals surface area (Å²) in [5.41, 5.74) is 2.36. The van der Waals surface area contributed by atoms with E-state index in [4.69, 9.17) is 4.98 Å². The number of aryl methyl sites for hydroxylation is 1. The van der Waals surface area contributed by atoms with E-state index < -0.39 is 0 Å². The summed E-state index contributed by atoms with van der Waals surface area (Å²) in [7, 11) is 0. The molecule has 1 aliphatic rings. The smallest absolute Gasteiger partial charge is 0.0581 e. The van der Waals surface area contributed by atoms with Crippen LogP contribution < -0.4 is 5.32 Å². The van der Waals surface area contributed by atoms with Crippen molar-refractivity contribution < 1.29 is 0 Å². The summed E-state index contributed by atoms with van der Waals surface area (Å²) in [5, 5.41) is 3.43. The van der Waals surface area contributed by atoms with E-state index in [2.05, 4.69) is 49.2 Å². The summed E-state index contributed by atoms with van der Waals surface area (Å²) in [6.45, 7) is 11.1. The molecule has 1 saturated heterocycles. The van der Waals surface area contributed by atoms with Crippen molar-refractivity contribution in [2.75, 3.05) is 26.2 Å². The highest BCUT2D eigenvalue weighted by Crippen LogP contribution is 2.29. The predicted molar refractivity (Wildman–Crippen MR) is 75.6 cm³/mol. The van der Waals surface area contributed by atoms with Crippen LogP contribution in [0.3, 0.4) is 0 Å².